The quantitative estimate of drug-likeness (QED) is 0.641. The largest absolute Gasteiger partial charge is 0.323 e. The van der Waals surface area contributed by atoms with Crippen LogP contribution in [0.5, 0.6) is 0 Å². The maximum absolute atomic E-state index is 12.3. The Hall–Kier alpha value is -0.460. The molecule has 0 unspecified atom stereocenters. The van der Waals surface area contributed by atoms with E-state index in [1.807, 2.05) is 18.4 Å². The SMILES string of the molecule is C[P@]1(=O)CC=C2c3ccccc3SC[C@@H]21. The van der Waals surface area contributed by atoms with Crippen molar-refractivity contribution >= 4 is 24.5 Å². The Balaban J connectivity index is 2.14. The first-order valence-corrected chi connectivity index (χ1v) is 8.56. The summed E-state index contributed by atoms with van der Waals surface area (Å²) in [6, 6.07) is 8.47. The summed E-state index contributed by atoms with van der Waals surface area (Å²) in [5.74, 6) is 0.997. The summed E-state index contributed by atoms with van der Waals surface area (Å²) in [7, 11) is -1.94. The normalized spacial score (nSPS) is 33.1. The lowest BCUT2D eigenvalue weighted by Crippen LogP contribution is -2.14. The molecule has 0 saturated heterocycles. The summed E-state index contributed by atoms with van der Waals surface area (Å²) in [6.07, 6.45) is 2.99. The van der Waals surface area contributed by atoms with E-state index in [0.29, 0.717) is 5.66 Å². The summed E-state index contributed by atoms with van der Waals surface area (Å²) in [6.45, 7) is 1.95. The average Bonchev–Trinajstić information content (AvgIpc) is 2.55. The first kappa shape index (κ1) is 9.74. The van der Waals surface area contributed by atoms with Gasteiger partial charge in [0.2, 0.25) is 0 Å². The van der Waals surface area contributed by atoms with Crippen LogP contribution in [0.15, 0.2) is 35.2 Å². The second-order valence-electron chi connectivity index (χ2n) is 4.34. The maximum Gasteiger partial charge on any atom is 0.0963 e. The van der Waals surface area contributed by atoms with Crippen LogP contribution in [-0.4, -0.2) is 24.2 Å². The number of thioether (sulfide) groups is 1. The Morgan fingerprint density at radius 1 is 1.40 bits per heavy atom. The molecule has 3 heteroatoms. The second-order valence-corrected chi connectivity index (χ2v) is 8.74. The highest BCUT2D eigenvalue weighted by Crippen LogP contribution is 2.60. The highest BCUT2D eigenvalue weighted by atomic mass is 32.2. The average molecular weight is 236 g/mol. The van der Waals surface area contributed by atoms with Gasteiger partial charge in [-0.15, -0.1) is 11.8 Å². The number of allylic oxidation sites excluding steroid dienone is 2. The van der Waals surface area contributed by atoms with Crippen LogP contribution in [0.25, 0.3) is 5.57 Å². The predicted octanol–water partition coefficient (Wildman–Crippen LogP) is 3.55. The standard InChI is InChI=1S/C12H13OPS/c1-14(13)7-6-9-10-4-2-3-5-12(10)15-8-11(9)14/h2-6,11H,7-8H2,1H3/t11-,14-/m0/s1. The summed E-state index contributed by atoms with van der Waals surface area (Å²) in [5, 5.41) is 0. The molecule has 0 spiro atoms. The van der Waals surface area contributed by atoms with Crippen LogP contribution in [0.1, 0.15) is 5.56 Å². The van der Waals surface area contributed by atoms with Crippen LogP contribution in [0.2, 0.25) is 0 Å². The van der Waals surface area contributed by atoms with E-state index in [1.54, 1.807) is 0 Å². The third-order valence-corrected chi connectivity index (χ3v) is 7.39. The van der Waals surface area contributed by atoms with Gasteiger partial charge in [0.1, 0.15) is 0 Å². The van der Waals surface area contributed by atoms with E-state index < -0.39 is 7.14 Å². The number of hydrogen-bond donors (Lipinski definition) is 0. The minimum atomic E-state index is -1.94. The molecular weight excluding hydrogens is 223 g/mol. The smallest absolute Gasteiger partial charge is 0.0963 e. The van der Waals surface area contributed by atoms with E-state index in [2.05, 4.69) is 30.3 Å². The molecule has 0 amide bonds. The molecule has 0 aromatic heterocycles. The first-order valence-electron chi connectivity index (χ1n) is 5.17. The third kappa shape index (κ3) is 1.43. The lowest BCUT2D eigenvalue weighted by atomic mass is 10.0. The fourth-order valence-corrected chi connectivity index (χ4v) is 6.54. The van der Waals surface area contributed by atoms with Gasteiger partial charge in [-0.3, -0.25) is 0 Å². The van der Waals surface area contributed by atoms with Crippen LogP contribution in [0.4, 0.5) is 0 Å². The second kappa shape index (κ2) is 3.26. The van der Waals surface area contributed by atoms with E-state index in [9.17, 15) is 4.57 Å². The zero-order valence-electron chi connectivity index (χ0n) is 8.64. The molecular formula is C12H13OPS. The van der Waals surface area contributed by atoms with Crippen LogP contribution < -0.4 is 0 Å². The monoisotopic (exact) mass is 236 g/mol. The number of rotatable bonds is 0. The molecule has 15 heavy (non-hydrogen) atoms. The molecule has 2 aliphatic rings. The molecule has 3 rings (SSSR count). The van der Waals surface area contributed by atoms with Crippen molar-refractivity contribution in [3.63, 3.8) is 0 Å². The van der Waals surface area contributed by atoms with Crippen LogP contribution >= 0.6 is 18.9 Å². The molecule has 2 heterocycles. The zero-order chi connectivity index (χ0) is 10.5. The highest BCUT2D eigenvalue weighted by Gasteiger charge is 2.39. The summed E-state index contributed by atoms with van der Waals surface area (Å²) < 4.78 is 12.3. The Bertz CT molecular complexity index is 492. The summed E-state index contributed by atoms with van der Waals surface area (Å²) >= 11 is 1.85. The molecule has 0 N–H and O–H groups in total. The van der Waals surface area contributed by atoms with Crippen molar-refractivity contribution in [3.8, 4) is 0 Å². The van der Waals surface area contributed by atoms with Crippen molar-refractivity contribution in [2.24, 2.45) is 0 Å². The van der Waals surface area contributed by atoms with Gasteiger partial charge in [-0.1, -0.05) is 24.3 Å². The Morgan fingerprint density at radius 3 is 3.07 bits per heavy atom. The zero-order valence-corrected chi connectivity index (χ0v) is 10.4. The van der Waals surface area contributed by atoms with E-state index >= 15 is 0 Å². The summed E-state index contributed by atoms with van der Waals surface area (Å²) in [5.41, 5.74) is 2.98. The molecule has 1 aromatic carbocycles. The van der Waals surface area contributed by atoms with Crippen LogP contribution in [0, 0.1) is 0 Å². The molecule has 1 aromatic rings. The molecule has 0 saturated carbocycles. The first-order chi connectivity index (χ1) is 7.18. The van der Waals surface area contributed by atoms with Crippen molar-refractivity contribution in [1.82, 2.24) is 0 Å². The predicted molar refractivity (Wildman–Crippen MR) is 67.3 cm³/mol. The fourth-order valence-electron chi connectivity index (χ4n) is 2.37. The molecule has 1 nitrogen and oxygen atoms in total. The van der Waals surface area contributed by atoms with Gasteiger partial charge in [-0.25, -0.2) is 0 Å². The topological polar surface area (TPSA) is 17.1 Å². The van der Waals surface area contributed by atoms with Crippen molar-refractivity contribution < 1.29 is 4.57 Å². The van der Waals surface area contributed by atoms with E-state index in [4.69, 9.17) is 0 Å². The highest BCUT2D eigenvalue weighted by molar-refractivity contribution is 8.00. The molecule has 0 radical (unpaired) electrons. The van der Waals surface area contributed by atoms with Gasteiger partial charge in [0.25, 0.3) is 0 Å². The molecule has 2 atom stereocenters. The number of hydrogen-bond acceptors (Lipinski definition) is 2. The van der Waals surface area contributed by atoms with Gasteiger partial charge >= 0.3 is 0 Å². The van der Waals surface area contributed by atoms with Gasteiger partial charge < -0.3 is 4.57 Å². The van der Waals surface area contributed by atoms with Gasteiger partial charge in [0.15, 0.2) is 0 Å². The Labute approximate surface area is 94.3 Å². The minimum absolute atomic E-state index is 0.317. The van der Waals surface area contributed by atoms with Crippen molar-refractivity contribution in [3.05, 3.63) is 35.9 Å². The van der Waals surface area contributed by atoms with E-state index in [0.717, 1.165) is 11.9 Å². The molecule has 0 bridgehead atoms. The lowest BCUT2D eigenvalue weighted by molar-refractivity contribution is 0.579. The van der Waals surface area contributed by atoms with Gasteiger partial charge in [0.05, 0.1) is 7.14 Å². The Kier molecular flexibility index (Phi) is 2.12. The van der Waals surface area contributed by atoms with Crippen molar-refractivity contribution in [2.45, 2.75) is 10.6 Å². The van der Waals surface area contributed by atoms with Gasteiger partial charge in [-0.2, -0.15) is 0 Å². The molecule has 78 valence electrons. The summed E-state index contributed by atoms with van der Waals surface area (Å²) in [4.78, 5) is 1.35. The lowest BCUT2D eigenvalue weighted by Gasteiger charge is -2.26. The third-order valence-electron chi connectivity index (χ3n) is 3.29. The number of benzene rings is 1. The molecule has 2 aliphatic heterocycles. The van der Waals surface area contributed by atoms with Gasteiger partial charge in [-0.05, 0) is 23.9 Å². The molecule has 0 fully saturated rings. The Morgan fingerprint density at radius 2 is 2.20 bits per heavy atom. The molecule has 0 aliphatic carbocycles. The van der Waals surface area contributed by atoms with Crippen molar-refractivity contribution in [2.75, 3.05) is 18.6 Å². The fraction of sp³-hybridized carbons (Fsp3) is 0.333. The van der Waals surface area contributed by atoms with E-state index in [1.165, 1.54) is 16.0 Å². The van der Waals surface area contributed by atoms with Crippen molar-refractivity contribution in [1.29, 1.82) is 0 Å². The van der Waals surface area contributed by atoms with Crippen LogP contribution in [-0.2, 0) is 4.57 Å². The maximum atomic E-state index is 12.3. The van der Waals surface area contributed by atoms with Gasteiger partial charge in [0, 0.05) is 22.5 Å². The minimum Gasteiger partial charge on any atom is -0.323 e. The van der Waals surface area contributed by atoms with Crippen LogP contribution in [0.3, 0.4) is 0 Å². The number of fused-ring (bicyclic) bond motifs is 3. The van der Waals surface area contributed by atoms with E-state index in [-0.39, 0.29) is 0 Å².